The average molecular weight is 213 g/mol. The van der Waals surface area contributed by atoms with Gasteiger partial charge in [0.05, 0.1) is 0 Å². The number of carboxylic acid groups (broad SMARTS) is 1. The first kappa shape index (κ1) is 12.5. The summed E-state index contributed by atoms with van der Waals surface area (Å²) in [6.45, 7) is 5.97. The van der Waals surface area contributed by atoms with Gasteiger partial charge in [0, 0.05) is 6.04 Å². The van der Waals surface area contributed by atoms with Gasteiger partial charge in [0.25, 0.3) is 0 Å². The molecule has 1 saturated carbocycles. The van der Waals surface area contributed by atoms with E-state index in [1.165, 1.54) is 12.8 Å². The van der Waals surface area contributed by atoms with E-state index in [9.17, 15) is 9.90 Å². The van der Waals surface area contributed by atoms with Gasteiger partial charge in [0.15, 0.2) is 0 Å². The second-order valence-corrected chi connectivity index (χ2v) is 4.88. The van der Waals surface area contributed by atoms with Crippen LogP contribution < -0.4 is 5.32 Å². The van der Waals surface area contributed by atoms with Gasteiger partial charge >= 0.3 is 5.97 Å². The Balaban J connectivity index is 2.59. The zero-order valence-electron chi connectivity index (χ0n) is 10.0. The maximum Gasteiger partial charge on any atom is 0.323 e. The maximum absolute atomic E-state index is 11.2. The maximum atomic E-state index is 11.2. The van der Waals surface area contributed by atoms with Crippen molar-refractivity contribution in [1.29, 1.82) is 0 Å². The molecule has 0 aromatic heterocycles. The zero-order chi connectivity index (χ0) is 11.5. The SMILES string of the molecule is CCCC(C)(NC(CC)C1CC1)C(=O)O. The van der Waals surface area contributed by atoms with E-state index in [1.807, 2.05) is 13.8 Å². The third kappa shape index (κ3) is 3.20. The third-order valence-electron chi connectivity index (χ3n) is 3.36. The third-order valence-corrected chi connectivity index (χ3v) is 3.36. The van der Waals surface area contributed by atoms with E-state index < -0.39 is 11.5 Å². The van der Waals surface area contributed by atoms with Crippen LogP contribution in [0.25, 0.3) is 0 Å². The van der Waals surface area contributed by atoms with Crippen molar-refractivity contribution in [3.8, 4) is 0 Å². The molecule has 0 aromatic rings. The summed E-state index contributed by atoms with van der Waals surface area (Å²) in [4.78, 5) is 11.2. The Morgan fingerprint density at radius 2 is 2.13 bits per heavy atom. The lowest BCUT2D eigenvalue weighted by molar-refractivity contribution is -0.145. The van der Waals surface area contributed by atoms with E-state index >= 15 is 0 Å². The molecular formula is C12H23NO2. The van der Waals surface area contributed by atoms with E-state index in [4.69, 9.17) is 0 Å². The van der Waals surface area contributed by atoms with E-state index in [1.54, 1.807) is 0 Å². The molecule has 0 saturated heterocycles. The van der Waals surface area contributed by atoms with Crippen LogP contribution in [0.15, 0.2) is 0 Å². The molecule has 0 aliphatic heterocycles. The molecule has 0 amide bonds. The first-order valence-corrected chi connectivity index (χ1v) is 6.04. The summed E-state index contributed by atoms with van der Waals surface area (Å²) in [7, 11) is 0. The minimum absolute atomic E-state index is 0.387. The fourth-order valence-corrected chi connectivity index (χ4v) is 2.20. The van der Waals surface area contributed by atoms with Gasteiger partial charge < -0.3 is 5.11 Å². The van der Waals surface area contributed by atoms with Crippen LogP contribution >= 0.6 is 0 Å². The quantitative estimate of drug-likeness (QED) is 0.682. The normalized spacial score (nSPS) is 22.1. The minimum atomic E-state index is -0.738. The standard InChI is InChI=1S/C12H23NO2/c1-4-8-12(3,11(14)15)13-10(5-2)9-6-7-9/h9-10,13H,4-8H2,1-3H3,(H,14,15). The van der Waals surface area contributed by atoms with Crippen molar-refractivity contribution in [2.24, 2.45) is 5.92 Å². The number of carbonyl (C=O) groups is 1. The zero-order valence-corrected chi connectivity index (χ0v) is 10.0. The van der Waals surface area contributed by atoms with Crippen molar-refractivity contribution in [3.05, 3.63) is 0 Å². The van der Waals surface area contributed by atoms with Crippen LogP contribution in [0, 0.1) is 5.92 Å². The molecule has 1 rings (SSSR count). The molecule has 0 aromatic carbocycles. The molecule has 1 aliphatic carbocycles. The summed E-state index contributed by atoms with van der Waals surface area (Å²) in [5.74, 6) is -0.00557. The summed E-state index contributed by atoms with van der Waals surface area (Å²) in [5, 5.41) is 12.6. The Morgan fingerprint density at radius 3 is 2.47 bits per heavy atom. The molecule has 3 nitrogen and oxygen atoms in total. The predicted molar refractivity (Wildman–Crippen MR) is 60.9 cm³/mol. The van der Waals surface area contributed by atoms with Crippen LogP contribution in [0.5, 0.6) is 0 Å². The Hall–Kier alpha value is -0.570. The van der Waals surface area contributed by atoms with E-state index in [0.717, 1.165) is 12.8 Å². The summed E-state index contributed by atoms with van der Waals surface area (Å²) in [6, 6.07) is 0.387. The highest BCUT2D eigenvalue weighted by atomic mass is 16.4. The number of aliphatic carboxylic acids is 1. The molecule has 2 unspecified atom stereocenters. The second-order valence-electron chi connectivity index (χ2n) is 4.88. The highest BCUT2D eigenvalue weighted by Crippen LogP contribution is 2.35. The number of rotatable bonds is 7. The fraction of sp³-hybridized carbons (Fsp3) is 0.917. The second kappa shape index (κ2) is 4.97. The molecule has 0 radical (unpaired) electrons. The molecule has 0 spiro atoms. The van der Waals surface area contributed by atoms with E-state index in [-0.39, 0.29) is 0 Å². The van der Waals surface area contributed by atoms with Gasteiger partial charge in [0.2, 0.25) is 0 Å². The predicted octanol–water partition coefficient (Wildman–Crippen LogP) is 2.41. The smallest absolute Gasteiger partial charge is 0.323 e. The number of hydrogen-bond donors (Lipinski definition) is 2. The average Bonchev–Trinajstić information content (AvgIpc) is 2.97. The van der Waals surface area contributed by atoms with Crippen molar-refractivity contribution in [1.82, 2.24) is 5.32 Å². The highest BCUT2D eigenvalue weighted by molar-refractivity contribution is 5.78. The van der Waals surface area contributed by atoms with Crippen molar-refractivity contribution in [3.63, 3.8) is 0 Å². The molecule has 0 heterocycles. The molecular weight excluding hydrogens is 190 g/mol. The van der Waals surface area contributed by atoms with Gasteiger partial charge in [-0.3, -0.25) is 10.1 Å². The molecule has 2 N–H and O–H groups in total. The van der Waals surface area contributed by atoms with Gasteiger partial charge in [-0.05, 0) is 38.5 Å². The molecule has 1 fully saturated rings. The van der Waals surface area contributed by atoms with Gasteiger partial charge in [-0.25, -0.2) is 0 Å². The van der Waals surface area contributed by atoms with E-state index in [0.29, 0.717) is 18.4 Å². The van der Waals surface area contributed by atoms with Crippen LogP contribution in [0.3, 0.4) is 0 Å². The van der Waals surface area contributed by atoms with Crippen LogP contribution in [-0.2, 0) is 4.79 Å². The summed E-state index contributed by atoms with van der Waals surface area (Å²) in [6.07, 6.45) is 5.14. The summed E-state index contributed by atoms with van der Waals surface area (Å²) in [5.41, 5.74) is -0.738. The lowest BCUT2D eigenvalue weighted by Crippen LogP contribution is -2.54. The fourth-order valence-electron chi connectivity index (χ4n) is 2.20. The number of carboxylic acids is 1. The van der Waals surface area contributed by atoms with Crippen molar-refractivity contribution < 1.29 is 9.90 Å². The van der Waals surface area contributed by atoms with Gasteiger partial charge in [-0.2, -0.15) is 0 Å². The molecule has 15 heavy (non-hydrogen) atoms. The minimum Gasteiger partial charge on any atom is -0.480 e. The van der Waals surface area contributed by atoms with Crippen molar-refractivity contribution in [2.45, 2.75) is 64.5 Å². The Bertz CT molecular complexity index is 226. The number of hydrogen-bond acceptors (Lipinski definition) is 2. The largest absolute Gasteiger partial charge is 0.480 e. The lowest BCUT2D eigenvalue weighted by Gasteiger charge is -2.31. The first-order valence-electron chi connectivity index (χ1n) is 6.04. The highest BCUT2D eigenvalue weighted by Gasteiger charge is 2.38. The number of nitrogens with one attached hydrogen (secondary N) is 1. The van der Waals surface area contributed by atoms with Crippen molar-refractivity contribution >= 4 is 5.97 Å². The lowest BCUT2D eigenvalue weighted by atomic mass is 9.93. The molecule has 3 heteroatoms. The topological polar surface area (TPSA) is 49.3 Å². The van der Waals surface area contributed by atoms with Gasteiger partial charge in [0.1, 0.15) is 5.54 Å². The summed E-state index contributed by atoms with van der Waals surface area (Å²) >= 11 is 0. The van der Waals surface area contributed by atoms with E-state index in [2.05, 4.69) is 12.2 Å². The van der Waals surface area contributed by atoms with Crippen LogP contribution in [0.4, 0.5) is 0 Å². The van der Waals surface area contributed by atoms with Gasteiger partial charge in [-0.15, -0.1) is 0 Å². The first-order chi connectivity index (χ1) is 7.03. The molecule has 2 atom stereocenters. The Labute approximate surface area is 92.3 Å². The van der Waals surface area contributed by atoms with Crippen LogP contribution in [0.2, 0.25) is 0 Å². The van der Waals surface area contributed by atoms with Gasteiger partial charge in [-0.1, -0.05) is 20.3 Å². The molecule has 0 bridgehead atoms. The van der Waals surface area contributed by atoms with Crippen LogP contribution in [-0.4, -0.2) is 22.7 Å². The molecule has 1 aliphatic rings. The Kier molecular flexibility index (Phi) is 4.14. The summed E-state index contributed by atoms with van der Waals surface area (Å²) < 4.78 is 0. The monoisotopic (exact) mass is 213 g/mol. The van der Waals surface area contributed by atoms with Crippen LogP contribution in [0.1, 0.15) is 52.9 Å². The Morgan fingerprint density at radius 1 is 1.53 bits per heavy atom. The molecule has 88 valence electrons. The van der Waals surface area contributed by atoms with Crippen molar-refractivity contribution in [2.75, 3.05) is 0 Å².